The fourth-order valence-electron chi connectivity index (χ4n) is 9.76. The minimum Gasteiger partial charge on any atom is -0.466 e. The standard InChI is InChI=1S/C60H119NO5/c1-3-5-7-9-11-13-15-17-19-20-21-22-26-30-34-38-42-46-50-54-60(65)66-55-51-47-43-39-35-31-27-23-25-29-33-37-41-45-49-53-59(64)61-57(56-62)58(63)52-48-44-40-36-32-28-24-18-16-14-12-10-8-6-4-2/h57-58,62-63H,3-56H2,1-2H3,(H,61,64). The molecule has 0 aromatic rings. The quantitative estimate of drug-likeness (QED) is 0.0417. The Morgan fingerprint density at radius 1 is 0.364 bits per heavy atom. The molecule has 0 radical (unpaired) electrons. The highest BCUT2D eigenvalue weighted by molar-refractivity contribution is 5.76. The highest BCUT2D eigenvalue weighted by atomic mass is 16.5. The molecule has 1 amide bonds. The van der Waals surface area contributed by atoms with Crippen LogP contribution in [0.4, 0.5) is 0 Å². The second-order valence-electron chi connectivity index (χ2n) is 21.1. The molecule has 0 aliphatic heterocycles. The molecule has 6 heteroatoms. The van der Waals surface area contributed by atoms with Gasteiger partial charge in [0.25, 0.3) is 0 Å². The largest absolute Gasteiger partial charge is 0.466 e. The number of hydrogen-bond acceptors (Lipinski definition) is 5. The molecular formula is C60H119NO5. The van der Waals surface area contributed by atoms with Crippen LogP contribution in [0, 0.1) is 0 Å². The van der Waals surface area contributed by atoms with E-state index >= 15 is 0 Å². The lowest BCUT2D eigenvalue weighted by atomic mass is 10.0. The molecule has 0 aliphatic rings. The Morgan fingerprint density at radius 3 is 0.924 bits per heavy atom. The van der Waals surface area contributed by atoms with Gasteiger partial charge in [-0.2, -0.15) is 0 Å². The molecule has 0 saturated heterocycles. The van der Waals surface area contributed by atoms with E-state index in [1.165, 1.54) is 270 Å². The number of unbranched alkanes of at least 4 members (excludes halogenated alkanes) is 46. The van der Waals surface area contributed by atoms with Crippen molar-refractivity contribution in [2.24, 2.45) is 0 Å². The number of hydrogen-bond donors (Lipinski definition) is 3. The normalized spacial score (nSPS) is 12.5. The summed E-state index contributed by atoms with van der Waals surface area (Å²) in [6.45, 7) is 4.97. The molecular weight excluding hydrogens is 815 g/mol. The van der Waals surface area contributed by atoms with Gasteiger partial charge in [-0.3, -0.25) is 9.59 Å². The summed E-state index contributed by atoms with van der Waals surface area (Å²) in [6.07, 6.45) is 65.3. The number of nitrogens with one attached hydrogen (secondary N) is 1. The average molecular weight is 935 g/mol. The van der Waals surface area contributed by atoms with Gasteiger partial charge in [0.1, 0.15) is 0 Å². The average Bonchev–Trinajstić information content (AvgIpc) is 3.32. The summed E-state index contributed by atoms with van der Waals surface area (Å²) in [7, 11) is 0. The van der Waals surface area contributed by atoms with E-state index in [0.717, 1.165) is 44.9 Å². The predicted molar refractivity (Wildman–Crippen MR) is 287 cm³/mol. The molecule has 0 heterocycles. The lowest BCUT2D eigenvalue weighted by molar-refractivity contribution is -0.143. The molecule has 2 unspecified atom stereocenters. The van der Waals surface area contributed by atoms with Crippen LogP contribution in [0.5, 0.6) is 0 Å². The van der Waals surface area contributed by atoms with Crippen LogP contribution < -0.4 is 5.32 Å². The highest BCUT2D eigenvalue weighted by Crippen LogP contribution is 2.18. The van der Waals surface area contributed by atoms with E-state index < -0.39 is 12.1 Å². The zero-order valence-corrected chi connectivity index (χ0v) is 45.0. The number of aliphatic hydroxyl groups is 2. The van der Waals surface area contributed by atoms with Crippen molar-refractivity contribution >= 4 is 11.9 Å². The smallest absolute Gasteiger partial charge is 0.305 e. The Balaban J connectivity index is 3.38. The van der Waals surface area contributed by atoms with Gasteiger partial charge < -0.3 is 20.3 Å². The third-order valence-electron chi connectivity index (χ3n) is 14.4. The number of ether oxygens (including phenoxy) is 1. The first-order valence-electron chi connectivity index (χ1n) is 30.3. The molecule has 3 N–H and O–H groups in total. The SMILES string of the molecule is CCCCCCCCCCCCCCCCCCCCCC(=O)OCCCCCCCCCCCCCCCCCC(=O)NC(CO)C(O)CCCCCCCCCCCCCCCCC. The van der Waals surface area contributed by atoms with E-state index in [9.17, 15) is 19.8 Å². The molecule has 66 heavy (non-hydrogen) atoms. The Hall–Kier alpha value is -1.14. The number of carbonyl (C=O) groups excluding carboxylic acids is 2. The Kier molecular flexibility index (Phi) is 55.5. The van der Waals surface area contributed by atoms with Crippen LogP contribution in [0.15, 0.2) is 0 Å². The van der Waals surface area contributed by atoms with Gasteiger partial charge >= 0.3 is 5.97 Å². The van der Waals surface area contributed by atoms with Crippen molar-refractivity contribution in [3.63, 3.8) is 0 Å². The van der Waals surface area contributed by atoms with Gasteiger partial charge in [-0.05, 0) is 25.7 Å². The van der Waals surface area contributed by atoms with Gasteiger partial charge in [0.05, 0.1) is 25.4 Å². The maximum Gasteiger partial charge on any atom is 0.305 e. The number of amides is 1. The zero-order valence-electron chi connectivity index (χ0n) is 45.0. The van der Waals surface area contributed by atoms with Crippen molar-refractivity contribution in [2.75, 3.05) is 13.2 Å². The van der Waals surface area contributed by atoms with Crippen LogP contribution in [0.3, 0.4) is 0 Å². The second-order valence-corrected chi connectivity index (χ2v) is 21.1. The van der Waals surface area contributed by atoms with E-state index in [2.05, 4.69) is 19.2 Å². The number of rotatable bonds is 57. The molecule has 2 atom stereocenters. The molecule has 0 aliphatic carbocycles. The summed E-state index contributed by atoms with van der Waals surface area (Å²) in [5.41, 5.74) is 0. The first-order chi connectivity index (χ1) is 32.5. The second kappa shape index (κ2) is 56.4. The molecule has 6 nitrogen and oxygen atoms in total. The Morgan fingerprint density at radius 2 is 0.621 bits per heavy atom. The number of esters is 1. The van der Waals surface area contributed by atoms with E-state index in [0.29, 0.717) is 25.9 Å². The van der Waals surface area contributed by atoms with Crippen LogP contribution in [-0.2, 0) is 14.3 Å². The van der Waals surface area contributed by atoms with Crippen LogP contribution in [-0.4, -0.2) is 47.4 Å². The molecule has 394 valence electrons. The monoisotopic (exact) mass is 934 g/mol. The third kappa shape index (κ3) is 52.2. The van der Waals surface area contributed by atoms with Crippen molar-refractivity contribution in [3.8, 4) is 0 Å². The maximum absolute atomic E-state index is 12.5. The summed E-state index contributed by atoms with van der Waals surface area (Å²) in [5, 5.41) is 23.3. The molecule has 0 aromatic carbocycles. The third-order valence-corrected chi connectivity index (χ3v) is 14.4. The molecule has 0 rings (SSSR count). The van der Waals surface area contributed by atoms with Crippen molar-refractivity contribution in [2.45, 2.75) is 360 Å². The maximum atomic E-state index is 12.5. The minimum absolute atomic E-state index is 0.00659. The summed E-state index contributed by atoms with van der Waals surface area (Å²) >= 11 is 0. The molecule has 0 spiro atoms. The predicted octanol–water partition coefficient (Wildman–Crippen LogP) is 18.7. The van der Waals surface area contributed by atoms with Crippen LogP contribution in [0.1, 0.15) is 348 Å². The van der Waals surface area contributed by atoms with Crippen LogP contribution in [0.2, 0.25) is 0 Å². The van der Waals surface area contributed by atoms with Gasteiger partial charge in [0.15, 0.2) is 0 Å². The van der Waals surface area contributed by atoms with Crippen molar-refractivity contribution < 1.29 is 24.5 Å². The molecule has 0 saturated carbocycles. The van der Waals surface area contributed by atoms with E-state index in [1.807, 2.05) is 0 Å². The summed E-state index contributed by atoms with van der Waals surface area (Å²) < 4.78 is 5.50. The zero-order chi connectivity index (χ0) is 47.9. The van der Waals surface area contributed by atoms with Gasteiger partial charge in [-0.15, -0.1) is 0 Å². The number of aliphatic hydroxyl groups excluding tert-OH is 2. The van der Waals surface area contributed by atoms with Crippen molar-refractivity contribution in [1.82, 2.24) is 5.32 Å². The molecule has 0 fully saturated rings. The van der Waals surface area contributed by atoms with Crippen LogP contribution >= 0.6 is 0 Å². The first kappa shape index (κ1) is 64.9. The lowest BCUT2D eigenvalue weighted by Gasteiger charge is -2.22. The fraction of sp³-hybridized carbons (Fsp3) is 0.967. The van der Waals surface area contributed by atoms with Crippen molar-refractivity contribution in [1.29, 1.82) is 0 Å². The van der Waals surface area contributed by atoms with Gasteiger partial charge in [0.2, 0.25) is 5.91 Å². The lowest BCUT2D eigenvalue weighted by Crippen LogP contribution is -2.45. The van der Waals surface area contributed by atoms with Crippen LogP contribution in [0.25, 0.3) is 0 Å². The fourth-order valence-corrected chi connectivity index (χ4v) is 9.76. The summed E-state index contributed by atoms with van der Waals surface area (Å²) in [4.78, 5) is 24.6. The minimum atomic E-state index is -0.668. The topological polar surface area (TPSA) is 95.9 Å². The number of carbonyl (C=O) groups is 2. The molecule has 0 aromatic heterocycles. The Labute approximate surface area is 413 Å². The van der Waals surface area contributed by atoms with E-state index in [1.54, 1.807) is 0 Å². The van der Waals surface area contributed by atoms with Gasteiger partial charge in [-0.1, -0.05) is 309 Å². The van der Waals surface area contributed by atoms with Gasteiger partial charge in [0, 0.05) is 12.8 Å². The first-order valence-corrected chi connectivity index (χ1v) is 30.3. The van der Waals surface area contributed by atoms with Crippen molar-refractivity contribution in [3.05, 3.63) is 0 Å². The Bertz CT molecular complexity index is 944. The molecule has 0 bridgehead atoms. The highest BCUT2D eigenvalue weighted by Gasteiger charge is 2.20. The van der Waals surface area contributed by atoms with E-state index in [-0.39, 0.29) is 18.5 Å². The van der Waals surface area contributed by atoms with Gasteiger partial charge in [-0.25, -0.2) is 0 Å². The summed E-state index contributed by atoms with van der Waals surface area (Å²) in [5.74, 6) is -0.0337. The summed E-state index contributed by atoms with van der Waals surface area (Å²) in [6, 6.07) is -0.546. The van der Waals surface area contributed by atoms with E-state index in [4.69, 9.17) is 4.74 Å².